The fourth-order valence-electron chi connectivity index (χ4n) is 1.39. The number of nitrogen functional groups attached to an aromatic ring is 1. The molecule has 0 radical (unpaired) electrons. The summed E-state index contributed by atoms with van der Waals surface area (Å²) in [5.41, 5.74) is 6.39. The van der Waals surface area contributed by atoms with Crippen LogP contribution in [-0.4, -0.2) is 29.8 Å². The van der Waals surface area contributed by atoms with E-state index in [1.807, 2.05) is 6.92 Å². The molecule has 6 nitrogen and oxygen atoms in total. The molecule has 1 atom stereocenters. The van der Waals surface area contributed by atoms with E-state index in [0.717, 1.165) is 5.56 Å². The van der Waals surface area contributed by atoms with Crippen molar-refractivity contribution in [2.24, 2.45) is 5.92 Å². The third-order valence-electron chi connectivity index (χ3n) is 2.21. The largest absolute Gasteiger partial charge is 0.384 e. The Morgan fingerprint density at radius 3 is 3.06 bits per heavy atom. The molecule has 1 unspecified atom stereocenters. The van der Waals surface area contributed by atoms with Crippen molar-refractivity contribution in [2.45, 2.75) is 19.9 Å². The van der Waals surface area contributed by atoms with Gasteiger partial charge >= 0.3 is 0 Å². The van der Waals surface area contributed by atoms with Gasteiger partial charge in [0.05, 0.1) is 6.20 Å². The zero-order valence-corrected chi connectivity index (χ0v) is 9.62. The first-order chi connectivity index (χ1) is 7.63. The van der Waals surface area contributed by atoms with Crippen LogP contribution in [0.25, 0.3) is 0 Å². The fourth-order valence-corrected chi connectivity index (χ4v) is 1.39. The summed E-state index contributed by atoms with van der Waals surface area (Å²) in [6, 6.07) is 0. The van der Waals surface area contributed by atoms with Crippen LogP contribution >= 0.6 is 0 Å². The van der Waals surface area contributed by atoms with E-state index in [0.29, 0.717) is 25.4 Å². The Morgan fingerprint density at radius 2 is 2.50 bits per heavy atom. The number of methoxy groups -OCH3 is 1. The maximum Gasteiger partial charge on any atom is 0.220 e. The molecule has 1 rings (SSSR count). The summed E-state index contributed by atoms with van der Waals surface area (Å²) in [4.78, 5) is 11.5. The van der Waals surface area contributed by atoms with E-state index in [2.05, 4.69) is 15.5 Å². The van der Waals surface area contributed by atoms with Gasteiger partial charge in [0.25, 0.3) is 0 Å². The summed E-state index contributed by atoms with van der Waals surface area (Å²) in [5, 5.41) is 9.16. The Kier molecular flexibility index (Phi) is 4.78. The van der Waals surface area contributed by atoms with Crippen molar-refractivity contribution < 1.29 is 9.53 Å². The van der Waals surface area contributed by atoms with E-state index in [9.17, 15) is 4.79 Å². The summed E-state index contributed by atoms with van der Waals surface area (Å²) in [5.74, 6) is 0.696. The van der Waals surface area contributed by atoms with Gasteiger partial charge in [-0.3, -0.25) is 9.89 Å². The molecule has 0 bridgehead atoms. The molecule has 0 fully saturated rings. The summed E-state index contributed by atoms with van der Waals surface area (Å²) >= 11 is 0. The number of hydrogen-bond donors (Lipinski definition) is 3. The first-order valence-corrected chi connectivity index (χ1v) is 5.16. The number of H-pyrrole nitrogens is 1. The van der Waals surface area contributed by atoms with Crippen molar-refractivity contribution in [1.82, 2.24) is 15.5 Å². The Balaban J connectivity index is 2.28. The lowest BCUT2D eigenvalue weighted by Gasteiger charge is -2.09. The number of rotatable bonds is 6. The van der Waals surface area contributed by atoms with Crippen LogP contribution in [-0.2, 0) is 16.1 Å². The lowest BCUT2D eigenvalue weighted by molar-refractivity contribution is -0.122. The summed E-state index contributed by atoms with van der Waals surface area (Å²) in [6.45, 7) is 2.96. The standard InChI is InChI=1S/C10H18N4O2/c1-7(6-16-2)3-9(15)12-4-8-5-13-14-10(8)11/h5,7H,3-4,6H2,1-2H3,(H,12,15)(H3,11,13,14). The van der Waals surface area contributed by atoms with Crippen LogP contribution in [0.4, 0.5) is 5.82 Å². The van der Waals surface area contributed by atoms with Crippen molar-refractivity contribution in [1.29, 1.82) is 0 Å². The number of hydrogen-bond acceptors (Lipinski definition) is 4. The number of nitrogens with two attached hydrogens (primary N) is 1. The smallest absolute Gasteiger partial charge is 0.220 e. The van der Waals surface area contributed by atoms with Gasteiger partial charge in [-0.25, -0.2) is 0 Å². The Labute approximate surface area is 94.5 Å². The van der Waals surface area contributed by atoms with E-state index in [4.69, 9.17) is 10.5 Å². The van der Waals surface area contributed by atoms with Gasteiger partial charge in [-0.05, 0) is 5.92 Å². The van der Waals surface area contributed by atoms with Crippen LogP contribution in [0.5, 0.6) is 0 Å². The molecule has 0 aliphatic heterocycles. The fraction of sp³-hybridized carbons (Fsp3) is 0.600. The normalized spacial score (nSPS) is 12.4. The summed E-state index contributed by atoms with van der Waals surface area (Å²) in [7, 11) is 1.63. The van der Waals surface area contributed by atoms with Crippen LogP contribution in [0.1, 0.15) is 18.9 Å². The predicted octanol–water partition coefficient (Wildman–Crippen LogP) is 0.281. The molecule has 1 amide bonds. The minimum Gasteiger partial charge on any atom is -0.384 e. The average Bonchev–Trinajstić information content (AvgIpc) is 2.61. The lowest BCUT2D eigenvalue weighted by atomic mass is 10.1. The van der Waals surface area contributed by atoms with Crippen molar-refractivity contribution in [3.05, 3.63) is 11.8 Å². The SMILES string of the molecule is COCC(C)CC(=O)NCc1cn[nH]c1N. The minimum atomic E-state index is -0.00912. The highest BCUT2D eigenvalue weighted by Crippen LogP contribution is 2.06. The predicted molar refractivity (Wildman–Crippen MR) is 60.5 cm³/mol. The van der Waals surface area contributed by atoms with Gasteiger partial charge in [0.15, 0.2) is 0 Å². The number of anilines is 1. The molecule has 0 aliphatic rings. The highest BCUT2D eigenvalue weighted by molar-refractivity contribution is 5.76. The first-order valence-electron chi connectivity index (χ1n) is 5.16. The lowest BCUT2D eigenvalue weighted by Crippen LogP contribution is -2.25. The molecule has 4 N–H and O–H groups in total. The third kappa shape index (κ3) is 3.90. The maximum absolute atomic E-state index is 11.5. The van der Waals surface area contributed by atoms with Gasteiger partial charge in [-0.2, -0.15) is 5.10 Å². The quantitative estimate of drug-likeness (QED) is 0.649. The molecular weight excluding hydrogens is 208 g/mol. The number of carbonyl (C=O) groups is 1. The number of aromatic amines is 1. The molecule has 0 spiro atoms. The molecule has 90 valence electrons. The number of nitrogens with one attached hydrogen (secondary N) is 2. The summed E-state index contributed by atoms with van der Waals surface area (Å²) < 4.78 is 4.96. The second kappa shape index (κ2) is 6.12. The second-order valence-corrected chi connectivity index (χ2v) is 3.85. The number of aromatic nitrogens is 2. The van der Waals surface area contributed by atoms with Crippen LogP contribution in [0.15, 0.2) is 6.20 Å². The number of nitrogens with zero attached hydrogens (tertiary/aromatic N) is 1. The molecule has 1 aromatic heterocycles. The van der Waals surface area contributed by atoms with Gasteiger partial charge in [-0.1, -0.05) is 6.92 Å². The first kappa shape index (κ1) is 12.5. The highest BCUT2D eigenvalue weighted by Gasteiger charge is 2.09. The van der Waals surface area contributed by atoms with Crippen molar-refractivity contribution in [2.75, 3.05) is 19.5 Å². The zero-order chi connectivity index (χ0) is 12.0. The second-order valence-electron chi connectivity index (χ2n) is 3.85. The van der Waals surface area contributed by atoms with E-state index in [-0.39, 0.29) is 11.8 Å². The van der Waals surface area contributed by atoms with Crippen LogP contribution in [0.2, 0.25) is 0 Å². The topological polar surface area (TPSA) is 93.0 Å². The third-order valence-corrected chi connectivity index (χ3v) is 2.21. The van der Waals surface area contributed by atoms with E-state index >= 15 is 0 Å². The maximum atomic E-state index is 11.5. The molecule has 6 heteroatoms. The molecule has 1 heterocycles. The van der Waals surface area contributed by atoms with E-state index in [1.54, 1.807) is 13.3 Å². The molecular formula is C10H18N4O2. The molecule has 16 heavy (non-hydrogen) atoms. The Hall–Kier alpha value is -1.56. The number of ether oxygens (including phenoxy) is 1. The van der Waals surface area contributed by atoms with E-state index in [1.165, 1.54) is 0 Å². The molecule has 0 aromatic carbocycles. The van der Waals surface area contributed by atoms with Crippen molar-refractivity contribution >= 4 is 11.7 Å². The zero-order valence-electron chi connectivity index (χ0n) is 9.62. The van der Waals surface area contributed by atoms with Crippen molar-refractivity contribution in [3.8, 4) is 0 Å². The number of carbonyl (C=O) groups excluding carboxylic acids is 1. The van der Waals surface area contributed by atoms with Crippen LogP contribution in [0, 0.1) is 5.92 Å². The molecule has 0 saturated carbocycles. The van der Waals surface area contributed by atoms with Gasteiger partial charge in [0, 0.05) is 32.2 Å². The summed E-state index contributed by atoms with van der Waals surface area (Å²) in [6.07, 6.45) is 2.06. The molecule has 1 aromatic rings. The monoisotopic (exact) mass is 226 g/mol. The Morgan fingerprint density at radius 1 is 1.75 bits per heavy atom. The van der Waals surface area contributed by atoms with E-state index < -0.39 is 0 Å². The van der Waals surface area contributed by atoms with Gasteiger partial charge < -0.3 is 15.8 Å². The van der Waals surface area contributed by atoms with Gasteiger partial charge in [0.1, 0.15) is 5.82 Å². The Bertz CT molecular complexity index is 337. The van der Waals surface area contributed by atoms with Gasteiger partial charge in [0.2, 0.25) is 5.91 Å². The van der Waals surface area contributed by atoms with Gasteiger partial charge in [-0.15, -0.1) is 0 Å². The van der Waals surface area contributed by atoms with Crippen LogP contribution < -0.4 is 11.1 Å². The average molecular weight is 226 g/mol. The van der Waals surface area contributed by atoms with Crippen molar-refractivity contribution in [3.63, 3.8) is 0 Å². The molecule has 0 aliphatic carbocycles. The minimum absolute atomic E-state index is 0.00912. The van der Waals surface area contributed by atoms with Crippen LogP contribution in [0.3, 0.4) is 0 Å². The highest BCUT2D eigenvalue weighted by atomic mass is 16.5. The molecule has 0 saturated heterocycles. The number of amides is 1.